The molecule has 7 aromatic carbocycles. The van der Waals surface area contributed by atoms with Gasteiger partial charge < -0.3 is 20.4 Å². The van der Waals surface area contributed by atoms with Crippen LogP contribution in [0.3, 0.4) is 0 Å². The Balaban J connectivity index is 0.000000215. The number of sulfone groups is 1. The lowest BCUT2D eigenvalue weighted by atomic mass is 9.84. The summed E-state index contributed by atoms with van der Waals surface area (Å²) < 4.78 is 24.1. The van der Waals surface area contributed by atoms with Crippen molar-refractivity contribution in [3.05, 3.63) is 131 Å². The number of benzene rings is 7. The van der Waals surface area contributed by atoms with Crippen LogP contribution < -0.4 is 0 Å². The van der Waals surface area contributed by atoms with Crippen molar-refractivity contribution in [3.8, 4) is 0 Å². The molecule has 232 valence electrons. The first-order valence-corrected chi connectivity index (χ1v) is 15.4. The Labute approximate surface area is 265 Å². The van der Waals surface area contributed by atoms with Gasteiger partial charge in [0, 0.05) is 10.8 Å². The quantitative estimate of drug-likeness (QED) is 0.108. The molecule has 47 heavy (non-hydrogen) atoms. The molecule has 7 rings (SSSR count). The minimum atomic E-state index is -3.34. The van der Waals surface area contributed by atoms with Crippen LogP contribution in [-0.2, 0) is 9.84 Å². The Bertz CT molecular complexity index is 2240. The summed E-state index contributed by atoms with van der Waals surface area (Å²) in [5.74, 6) is -5.13. The third-order valence-corrected chi connectivity index (χ3v) is 9.72. The van der Waals surface area contributed by atoms with Crippen molar-refractivity contribution in [1.82, 2.24) is 0 Å². The smallest absolute Gasteiger partial charge is 0.336 e. The number of carboxylic acid groups (broad SMARTS) is 4. The van der Waals surface area contributed by atoms with Gasteiger partial charge in [-0.1, -0.05) is 60.7 Å². The maximum absolute atomic E-state index is 12.0. The van der Waals surface area contributed by atoms with Gasteiger partial charge >= 0.3 is 23.9 Å². The molecule has 0 saturated carbocycles. The molecule has 0 heterocycles. The largest absolute Gasteiger partial charge is 0.478 e. The van der Waals surface area contributed by atoms with E-state index in [-0.39, 0.29) is 33.0 Å². The second-order valence-electron chi connectivity index (χ2n) is 10.5. The monoisotopic (exact) mass is 646 g/mol. The van der Waals surface area contributed by atoms with Crippen LogP contribution in [0.25, 0.3) is 43.1 Å². The zero-order valence-corrected chi connectivity index (χ0v) is 24.9. The van der Waals surface area contributed by atoms with Crippen LogP contribution in [0.2, 0.25) is 0 Å². The molecule has 10 nitrogen and oxygen atoms in total. The molecule has 0 amide bonds. The Kier molecular flexibility index (Phi) is 7.54. The first kappa shape index (κ1) is 30.7. The Hall–Kier alpha value is -6.33. The van der Waals surface area contributed by atoms with Crippen LogP contribution in [0, 0.1) is 0 Å². The molecule has 0 saturated heterocycles. The predicted molar refractivity (Wildman–Crippen MR) is 174 cm³/mol. The Morgan fingerprint density at radius 2 is 0.617 bits per heavy atom. The summed E-state index contributed by atoms with van der Waals surface area (Å²) in [6, 6.07) is 28.2. The number of fused-ring (bicyclic) bond motifs is 2. The van der Waals surface area contributed by atoms with E-state index < -0.39 is 33.7 Å². The molecule has 0 aliphatic carbocycles. The third-order valence-electron chi connectivity index (χ3n) is 7.93. The van der Waals surface area contributed by atoms with Crippen LogP contribution in [0.15, 0.2) is 119 Å². The van der Waals surface area contributed by atoms with Crippen molar-refractivity contribution in [1.29, 1.82) is 0 Å². The molecule has 11 heteroatoms. The van der Waals surface area contributed by atoms with Gasteiger partial charge in [0.15, 0.2) is 0 Å². The van der Waals surface area contributed by atoms with Gasteiger partial charge in [-0.3, -0.25) is 0 Å². The maximum atomic E-state index is 12.0. The topological polar surface area (TPSA) is 183 Å². The van der Waals surface area contributed by atoms with Gasteiger partial charge in [-0.15, -0.1) is 0 Å². The van der Waals surface area contributed by atoms with Crippen LogP contribution in [0.1, 0.15) is 41.4 Å². The molecule has 7 aromatic rings. The van der Waals surface area contributed by atoms with E-state index in [4.69, 9.17) is 0 Å². The van der Waals surface area contributed by atoms with E-state index in [2.05, 4.69) is 0 Å². The summed E-state index contributed by atoms with van der Waals surface area (Å²) in [4.78, 5) is 48.1. The van der Waals surface area contributed by atoms with Crippen molar-refractivity contribution in [2.45, 2.75) is 9.79 Å². The van der Waals surface area contributed by atoms with Crippen LogP contribution in [0.5, 0.6) is 0 Å². The molecule has 0 aromatic heterocycles. The lowest BCUT2D eigenvalue weighted by molar-refractivity contribution is 0.0681. The van der Waals surface area contributed by atoms with Crippen molar-refractivity contribution in [2.75, 3.05) is 0 Å². The fourth-order valence-corrected chi connectivity index (χ4v) is 7.24. The molecule has 0 fully saturated rings. The summed E-state index contributed by atoms with van der Waals surface area (Å²) in [7, 11) is -3.34. The van der Waals surface area contributed by atoms with Gasteiger partial charge in [-0.05, 0) is 80.8 Å². The Morgan fingerprint density at radius 3 is 0.851 bits per heavy atom. The number of rotatable bonds is 6. The molecule has 0 unspecified atom stereocenters. The average molecular weight is 647 g/mol. The van der Waals surface area contributed by atoms with Gasteiger partial charge in [-0.2, -0.15) is 0 Å². The molecule has 0 radical (unpaired) electrons. The number of carbonyl (C=O) groups is 4. The van der Waals surface area contributed by atoms with E-state index in [0.717, 1.165) is 0 Å². The highest BCUT2D eigenvalue weighted by Gasteiger charge is 2.25. The van der Waals surface area contributed by atoms with Crippen molar-refractivity contribution in [3.63, 3.8) is 0 Å². The minimum absolute atomic E-state index is 0.0587. The zero-order valence-electron chi connectivity index (χ0n) is 24.0. The lowest BCUT2D eigenvalue weighted by Crippen LogP contribution is -2.07. The molecular weight excluding hydrogens is 624 g/mol. The van der Waals surface area contributed by atoms with Gasteiger partial charge in [0.2, 0.25) is 9.84 Å². The normalized spacial score (nSPS) is 11.4. The van der Waals surface area contributed by atoms with Crippen molar-refractivity contribution in [2.24, 2.45) is 0 Å². The average Bonchev–Trinajstić information content (AvgIpc) is 3.07. The highest BCUT2D eigenvalue weighted by Crippen LogP contribution is 2.44. The highest BCUT2D eigenvalue weighted by molar-refractivity contribution is 7.91. The maximum Gasteiger partial charge on any atom is 0.336 e. The standard InChI is InChI=1S/C24H12O8.C12H10O2S/c25-21(26)13-5-1-9-10-2-6-15(23(29)30)20-16(24(31)32)8-4-12(18(10)20)11-3-7-14(22(27)28)19(13)17(9)11;13-15(14,11-7-3-1-4-8-11)12-9-5-2-6-10-12/h1-8H,(H,25,26)(H,27,28)(H,29,30)(H,31,32);1-10H. The zero-order chi connectivity index (χ0) is 33.6. The molecule has 0 aliphatic heterocycles. The predicted octanol–water partition coefficient (Wildman–Crippen LogP) is 7.05. The van der Waals surface area contributed by atoms with E-state index >= 15 is 0 Å². The molecule has 0 atom stereocenters. The number of aromatic carboxylic acids is 4. The SMILES string of the molecule is O=C(O)c1ccc2c3ccc(C(=O)O)c4c(C(=O)O)ccc(c5ccc(C(=O)O)c1c25)c43.O=S(=O)(c1ccccc1)c1ccccc1. The van der Waals surface area contributed by atoms with Crippen LogP contribution in [-0.4, -0.2) is 52.7 Å². The summed E-state index contributed by atoms with van der Waals surface area (Å²) in [5.41, 5.74) is -0.696. The van der Waals surface area contributed by atoms with E-state index in [1.165, 1.54) is 48.5 Å². The number of hydrogen-bond donors (Lipinski definition) is 4. The van der Waals surface area contributed by atoms with Gasteiger partial charge in [0.1, 0.15) is 0 Å². The second-order valence-corrected chi connectivity index (χ2v) is 12.4. The van der Waals surface area contributed by atoms with E-state index in [9.17, 15) is 48.0 Å². The first-order valence-electron chi connectivity index (χ1n) is 13.9. The fourth-order valence-electron chi connectivity index (χ4n) is 5.94. The van der Waals surface area contributed by atoms with Crippen molar-refractivity contribution >= 4 is 76.8 Å². The molecule has 0 aliphatic rings. The molecule has 4 N–H and O–H groups in total. The number of hydrogen-bond acceptors (Lipinski definition) is 6. The van der Waals surface area contributed by atoms with Gasteiger partial charge in [0.05, 0.1) is 32.0 Å². The first-order chi connectivity index (χ1) is 22.4. The number of carboxylic acids is 4. The summed E-state index contributed by atoms with van der Waals surface area (Å²) in [5, 5.41) is 41.7. The highest BCUT2D eigenvalue weighted by atomic mass is 32.2. The summed E-state index contributed by atoms with van der Waals surface area (Å²) in [6.45, 7) is 0. The van der Waals surface area contributed by atoms with Crippen LogP contribution >= 0.6 is 0 Å². The third kappa shape index (κ3) is 5.04. The van der Waals surface area contributed by atoms with Gasteiger partial charge in [0.25, 0.3) is 0 Å². The van der Waals surface area contributed by atoms with E-state index in [1.807, 2.05) is 0 Å². The summed E-state index contributed by atoms with van der Waals surface area (Å²) in [6.07, 6.45) is 0. The molecular formula is C36H22O10S. The van der Waals surface area contributed by atoms with Gasteiger partial charge in [-0.25, -0.2) is 27.6 Å². The summed E-state index contributed by atoms with van der Waals surface area (Å²) >= 11 is 0. The lowest BCUT2D eigenvalue weighted by Gasteiger charge is -2.18. The Morgan fingerprint density at radius 1 is 0.362 bits per heavy atom. The fraction of sp³-hybridized carbons (Fsp3) is 0. The molecule has 0 spiro atoms. The van der Waals surface area contributed by atoms with Crippen molar-refractivity contribution < 1.29 is 48.0 Å². The van der Waals surface area contributed by atoms with E-state index in [0.29, 0.717) is 42.1 Å². The minimum Gasteiger partial charge on any atom is -0.478 e. The second kappa shape index (κ2) is 11.5. The van der Waals surface area contributed by atoms with Crippen LogP contribution in [0.4, 0.5) is 0 Å². The van der Waals surface area contributed by atoms with E-state index in [1.54, 1.807) is 60.7 Å². The molecule has 0 bridgehead atoms.